The summed E-state index contributed by atoms with van der Waals surface area (Å²) < 4.78 is 29.3. The molecule has 0 bridgehead atoms. The number of amides is 1. The molecule has 1 atom stereocenters. The van der Waals surface area contributed by atoms with Crippen LogP contribution in [0.15, 0.2) is 64.4 Å². The van der Waals surface area contributed by atoms with E-state index in [2.05, 4.69) is 10.1 Å². The van der Waals surface area contributed by atoms with Gasteiger partial charge in [-0.1, -0.05) is 49.0 Å². The van der Waals surface area contributed by atoms with E-state index in [1.54, 1.807) is 19.1 Å². The number of carbonyl (C=O) groups excluding carboxylic acids is 2. The van der Waals surface area contributed by atoms with Crippen LogP contribution >= 0.6 is 11.8 Å². The van der Waals surface area contributed by atoms with Crippen molar-refractivity contribution in [3.05, 3.63) is 54.6 Å². The van der Waals surface area contributed by atoms with Crippen LogP contribution in [0.4, 0.5) is 5.69 Å². The van der Waals surface area contributed by atoms with Crippen LogP contribution in [0.2, 0.25) is 0 Å². The van der Waals surface area contributed by atoms with E-state index in [-0.39, 0.29) is 6.42 Å². The van der Waals surface area contributed by atoms with E-state index in [4.69, 9.17) is 0 Å². The Morgan fingerprint density at radius 3 is 2.33 bits per heavy atom. The van der Waals surface area contributed by atoms with Gasteiger partial charge in [0.15, 0.2) is 15.1 Å². The summed E-state index contributed by atoms with van der Waals surface area (Å²) in [5, 5.41) is 1.29. The van der Waals surface area contributed by atoms with E-state index in [0.29, 0.717) is 5.69 Å². The molecule has 8 heteroatoms. The lowest BCUT2D eigenvalue weighted by atomic mass is 10.3. The summed E-state index contributed by atoms with van der Waals surface area (Å²) in [4.78, 5) is 25.7. The third-order valence-electron chi connectivity index (χ3n) is 3.73. The molecule has 2 aromatic rings. The highest BCUT2D eigenvalue weighted by molar-refractivity contribution is 7.99. The quantitative estimate of drug-likeness (QED) is 0.676. The van der Waals surface area contributed by atoms with Gasteiger partial charge in [-0.15, -0.1) is 0 Å². The molecule has 0 fully saturated rings. The molecule has 6 nitrogen and oxygen atoms in total. The van der Waals surface area contributed by atoms with Gasteiger partial charge in [0.05, 0.1) is 12.8 Å². The molecule has 2 rings (SSSR count). The monoisotopic (exact) mass is 407 g/mol. The van der Waals surface area contributed by atoms with Gasteiger partial charge in [0, 0.05) is 9.79 Å². The van der Waals surface area contributed by atoms with Crippen LogP contribution in [0.5, 0.6) is 0 Å². The number of anilines is 1. The number of hydrogen-bond donors (Lipinski definition) is 1. The van der Waals surface area contributed by atoms with Crippen molar-refractivity contribution in [3.63, 3.8) is 0 Å². The summed E-state index contributed by atoms with van der Waals surface area (Å²) in [5.41, 5.74) is 0.512. The van der Waals surface area contributed by atoms with E-state index in [1.807, 2.05) is 42.5 Å². The van der Waals surface area contributed by atoms with Gasteiger partial charge in [0.25, 0.3) is 0 Å². The number of nitrogens with one attached hydrogen (secondary N) is 1. The first-order valence-electron chi connectivity index (χ1n) is 8.28. The number of carbonyl (C=O) groups is 2. The number of ether oxygens (including phenoxy) is 1. The van der Waals surface area contributed by atoms with Crippen molar-refractivity contribution in [2.24, 2.45) is 0 Å². The second-order valence-electron chi connectivity index (χ2n) is 5.69. The average Bonchev–Trinajstić information content (AvgIpc) is 2.63. The number of sulfone groups is 1. The highest BCUT2D eigenvalue weighted by atomic mass is 32.2. The average molecular weight is 408 g/mol. The predicted octanol–water partition coefficient (Wildman–Crippen LogP) is 3.14. The predicted molar refractivity (Wildman–Crippen MR) is 106 cm³/mol. The van der Waals surface area contributed by atoms with Crippen LogP contribution in [0, 0.1) is 0 Å². The van der Waals surface area contributed by atoms with E-state index in [0.717, 1.165) is 16.9 Å². The zero-order valence-corrected chi connectivity index (χ0v) is 16.7. The van der Waals surface area contributed by atoms with Gasteiger partial charge < -0.3 is 10.1 Å². The van der Waals surface area contributed by atoms with Crippen molar-refractivity contribution in [1.82, 2.24) is 0 Å². The number of esters is 1. The Morgan fingerprint density at radius 2 is 1.70 bits per heavy atom. The summed E-state index contributed by atoms with van der Waals surface area (Å²) in [6.45, 7) is 1.56. The molecular formula is C19H21NO5S2. The molecule has 1 N–H and O–H groups in total. The Labute approximate surface area is 163 Å². The minimum absolute atomic E-state index is 0.0444. The fourth-order valence-electron chi connectivity index (χ4n) is 2.44. The zero-order valence-electron chi connectivity index (χ0n) is 15.0. The van der Waals surface area contributed by atoms with Gasteiger partial charge in [-0.25, -0.2) is 8.42 Å². The fraction of sp³-hybridized carbons (Fsp3) is 0.263. The molecular weight excluding hydrogens is 386 g/mol. The molecule has 1 amide bonds. The van der Waals surface area contributed by atoms with Gasteiger partial charge in [0.2, 0.25) is 5.91 Å². The van der Waals surface area contributed by atoms with Crippen LogP contribution in [0.1, 0.15) is 13.3 Å². The number of methoxy groups -OCH3 is 1. The standard InChI is InChI=1S/C19H21NO5S2/c1-3-17(19(22)25-2)27(23,24)13-18(21)20-15-11-7-8-12-16(15)26-14-9-5-4-6-10-14/h4-12,17H,3,13H2,1-2H3,(H,20,21). The number of para-hydroxylation sites is 1. The molecule has 0 heterocycles. The highest BCUT2D eigenvalue weighted by Gasteiger charge is 2.33. The maximum atomic E-state index is 12.4. The molecule has 1 unspecified atom stereocenters. The number of benzene rings is 2. The Balaban J connectivity index is 2.13. The van der Waals surface area contributed by atoms with E-state index in [9.17, 15) is 18.0 Å². The first-order valence-corrected chi connectivity index (χ1v) is 10.8. The number of rotatable bonds is 8. The molecule has 27 heavy (non-hydrogen) atoms. The van der Waals surface area contributed by atoms with Crippen molar-refractivity contribution < 1.29 is 22.7 Å². The largest absolute Gasteiger partial charge is 0.468 e. The van der Waals surface area contributed by atoms with Crippen molar-refractivity contribution in [3.8, 4) is 0 Å². The molecule has 0 saturated heterocycles. The normalized spacial score (nSPS) is 12.2. The Kier molecular flexibility index (Phi) is 7.44. The lowest BCUT2D eigenvalue weighted by Crippen LogP contribution is -2.36. The summed E-state index contributed by atoms with van der Waals surface area (Å²) >= 11 is 1.46. The molecule has 144 valence electrons. The molecule has 0 spiro atoms. The van der Waals surface area contributed by atoms with Crippen LogP contribution in [0.3, 0.4) is 0 Å². The maximum absolute atomic E-state index is 12.4. The second kappa shape index (κ2) is 9.57. The summed E-state index contributed by atoms with van der Waals surface area (Å²) in [7, 11) is -2.85. The van der Waals surface area contributed by atoms with E-state index < -0.39 is 32.7 Å². The van der Waals surface area contributed by atoms with Gasteiger partial charge in [-0.2, -0.15) is 0 Å². The minimum atomic E-state index is -3.97. The molecule has 0 aliphatic rings. The smallest absolute Gasteiger partial charge is 0.324 e. The summed E-state index contributed by atoms with van der Waals surface area (Å²) in [6.07, 6.45) is 0.0444. The van der Waals surface area contributed by atoms with Gasteiger partial charge in [-0.3, -0.25) is 9.59 Å². The van der Waals surface area contributed by atoms with Crippen molar-refractivity contribution >= 4 is 39.2 Å². The van der Waals surface area contributed by atoms with E-state index in [1.165, 1.54) is 11.8 Å². The first-order chi connectivity index (χ1) is 12.9. The first kappa shape index (κ1) is 21.0. The molecule has 2 aromatic carbocycles. The number of hydrogen-bond acceptors (Lipinski definition) is 6. The second-order valence-corrected chi connectivity index (χ2v) is 8.99. The van der Waals surface area contributed by atoms with Gasteiger partial charge in [0.1, 0.15) is 5.75 Å². The fourth-order valence-corrected chi connectivity index (χ4v) is 4.90. The SMILES string of the molecule is CCC(C(=O)OC)S(=O)(=O)CC(=O)Nc1ccccc1Sc1ccccc1. The summed E-state index contributed by atoms with van der Waals surface area (Å²) in [5.74, 6) is -2.34. The molecule has 0 aliphatic heterocycles. The third-order valence-corrected chi connectivity index (χ3v) is 6.87. The maximum Gasteiger partial charge on any atom is 0.324 e. The van der Waals surface area contributed by atoms with Crippen LogP contribution < -0.4 is 5.32 Å². The van der Waals surface area contributed by atoms with Gasteiger partial charge >= 0.3 is 5.97 Å². The zero-order chi connectivity index (χ0) is 19.9. The molecule has 0 saturated carbocycles. The molecule has 0 radical (unpaired) electrons. The third kappa shape index (κ3) is 5.83. The molecule has 0 aliphatic carbocycles. The lowest BCUT2D eigenvalue weighted by molar-refractivity contribution is -0.140. The Bertz CT molecular complexity index is 897. The Morgan fingerprint density at radius 1 is 1.07 bits per heavy atom. The van der Waals surface area contributed by atoms with Crippen molar-refractivity contribution in [1.29, 1.82) is 0 Å². The van der Waals surface area contributed by atoms with Gasteiger partial charge in [-0.05, 0) is 30.7 Å². The van der Waals surface area contributed by atoms with Crippen LogP contribution in [0.25, 0.3) is 0 Å². The van der Waals surface area contributed by atoms with Crippen LogP contribution in [-0.2, 0) is 24.2 Å². The van der Waals surface area contributed by atoms with Crippen molar-refractivity contribution in [2.75, 3.05) is 18.2 Å². The van der Waals surface area contributed by atoms with E-state index >= 15 is 0 Å². The lowest BCUT2D eigenvalue weighted by Gasteiger charge is -2.14. The minimum Gasteiger partial charge on any atom is -0.468 e. The Hall–Kier alpha value is -2.32. The topological polar surface area (TPSA) is 89.5 Å². The highest BCUT2D eigenvalue weighted by Crippen LogP contribution is 2.33. The summed E-state index contributed by atoms with van der Waals surface area (Å²) in [6, 6.07) is 16.7. The molecule has 0 aromatic heterocycles. The van der Waals surface area contributed by atoms with Crippen molar-refractivity contribution in [2.45, 2.75) is 28.4 Å². The van der Waals surface area contributed by atoms with Crippen LogP contribution in [-0.4, -0.2) is 38.4 Å².